The number of likely N-dealkylation sites (N-methyl/N-ethyl adjacent to an activating group) is 1. The standard InChI is InChI=1S/C8H19NO2/c1-7(2)11-5-4-8(6-10)9-3/h7-10H,4-6H2,1-3H3. The Kier molecular flexibility index (Phi) is 6.51. The number of nitrogens with one attached hydrogen (secondary N) is 1. The average molecular weight is 161 g/mol. The second-order valence-electron chi connectivity index (χ2n) is 2.88. The molecule has 0 saturated carbocycles. The normalized spacial score (nSPS) is 13.9. The highest BCUT2D eigenvalue weighted by atomic mass is 16.5. The number of ether oxygens (including phenoxy) is 1. The molecule has 0 aromatic heterocycles. The van der Waals surface area contributed by atoms with Crippen LogP contribution in [0.25, 0.3) is 0 Å². The lowest BCUT2D eigenvalue weighted by atomic mass is 10.2. The van der Waals surface area contributed by atoms with E-state index in [4.69, 9.17) is 9.84 Å². The Hall–Kier alpha value is -0.120. The molecule has 0 aliphatic carbocycles. The summed E-state index contributed by atoms with van der Waals surface area (Å²) in [6.07, 6.45) is 1.15. The first kappa shape index (κ1) is 10.9. The lowest BCUT2D eigenvalue weighted by Crippen LogP contribution is -2.30. The van der Waals surface area contributed by atoms with Gasteiger partial charge in [0.1, 0.15) is 0 Å². The number of hydrogen-bond acceptors (Lipinski definition) is 3. The Bertz CT molecular complexity index is 82.2. The maximum absolute atomic E-state index is 8.77. The highest BCUT2D eigenvalue weighted by Crippen LogP contribution is 1.94. The van der Waals surface area contributed by atoms with Gasteiger partial charge in [0.25, 0.3) is 0 Å². The molecule has 0 saturated heterocycles. The molecule has 68 valence electrons. The summed E-state index contributed by atoms with van der Waals surface area (Å²) in [5, 5.41) is 11.8. The Labute approximate surface area is 68.8 Å². The van der Waals surface area contributed by atoms with E-state index in [9.17, 15) is 0 Å². The van der Waals surface area contributed by atoms with Crippen LogP contribution >= 0.6 is 0 Å². The van der Waals surface area contributed by atoms with E-state index in [-0.39, 0.29) is 18.8 Å². The predicted molar refractivity (Wildman–Crippen MR) is 45.6 cm³/mol. The van der Waals surface area contributed by atoms with Crippen molar-refractivity contribution >= 4 is 0 Å². The Morgan fingerprint density at radius 3 is 2.45 bits per heavy atom. The summed E-state index contributed by atoms with van der Waals surface area (Å²) in [5.41, 5.74) is 0. The molecular weight excluding hydrogens is 142 g/mol. The van der Waals surface area contributed by atoms with Crippen molar-refractivity contribution in [2.75, 3.05) is 20.3 Å². The zero-order chi connectivity index (χ0) is 8.69. The smallest absolute Gasteiger partial charge is 0.0585 e. The SMILES string of the molecule is CNC(CO)CCOC(C)C. The molecule has 3 heteroatoms. The van der Waals surface area contributed by atoms with Gasteiger partial charge in [0.15, 0.2) is 0 Å². The van der Waals surface area contributed by atoms with Crippen molar-refractivity contribution < 1.29 is 9.84 Å². The molecule has 1 unspecified atom stereocenters. The molecule has 0 aliphatic rings. The fourth-order valence-corrected chi connectivity index (χ4v) is 0.773. The molecule has 0 radical (unpaired) electrons. The Morgan fingerprint density at radius 2 is 2.09 bits per heavy atom. The quantitative estimate of drug-likeness (QED) is 0.592. The Balaban J connectivity index is 3.21. The highest BCUT2D eigenvalue weighted by Gasteiger charge is 2.03. The molecule has 0 heterocycles. The van der Waals surface area contributed by atoms with E-state index in [2.05, 4.69) is 5.32 Å². The van der Waals surface area contributed by atoms with Crippen molar-refractivity contribution in [2.24, 2.45) is 0 Å². The van der Waals surface area contributed by atoms with E-state index >= 15 is 0 Å². The third-order valence-electron chi connectivity index (χ3n) is 1.55. The molecule has 1 atom stereocenters. The van der Waals surface area contributed by atoms with E-state index in [1.54, 1.807) is 0 Å². The summed E-state index contributed by atoms with van der Waals surface area (Å²) in [6, 6.07) is 0.175. The van der Waals surface area contributed by atoms with Gasteiger partial charge in [-0.2, -0.15) is 0 Å². The average Bonchev–Trinajstić information content (AvgIpc) is 1.98. The van der Waals surface area contributed by atoms with Crippen LogP contribution in [0.5, 0.6) is 0 Å². The minimum absolute atomic E-state index is 0.175. The molecule has 2 N–H and O–H groups in total. The van der Waals surface area contributed by atoms with Crippen molar-refractivity contribution in [1.29, 1.82) is 0 Å². The third kappa shape index (κ3) is 6.28. The van der Waals surface area contributed by atoms with Crippen LogP contribution in [0.15, 0.2) is 0 Å². The molecule has 0 aliphatic heterocycles. The molecule has 0 amide bonds. The summed E-state index contributed by atoms with van der Waals surface area (Å²) >= 11 is 0. The van der Waals surface area contributed by atoms with Gasteiger partial charge in [0, 0.05) is 12.6 Å². The first-order valence-corrected chi connectivity index (χ1v) is 4.10. The maximum atomic E-state index is 8.77. The fourth-order valence-electron chi connectivity index (χ4n) is 0.773. The van der Waals surface area contributed by atoms with Gasteiger partial charge in [0.2, 0.25) is 0 Å². The van der Waals surface area contributed by atoms with Crippen LogP contribution in [0, 0.1) is 0 Å². The fraction of sp³-hybridized carbons (Fsp3) is 1.00. The second-order valence-corrected chi connectivity index (χ2v) is 2.88. The van der Waals surface area contributed by atoms with Crippen molar-refractivity contribution in [2.45, 2.75) is 32.4 Å². The summed E-state index contributed by atoms with van der Waals surface area (Å²) in [6.45, 7) is 4.91. The molecule has 0 rings (SSSR count). The summed E-state index contributed by atoms with van der Waals surface area (Å²) in [4.78, 5) is 0. The number of aliphatic hydroxyl groups is 1. The zero-order valence-corrected chi connectivity index (χ0v) is 7.63. The molecule has 0 spiro atoms. The minimum atomic E-state index is 0.175. The first-order chi connectivity index (χ1) is 5.20. The molecule has 3 nitrogen and oxygen atoms in total. The highest BCUT2D eigenvalue weighted by molar-refractivity contribution is 4.61. The van der Waals surface area contributed by atoms with E-state index in [1.807, 2.05) is 20.9 Å². The van der Waals surface area contributed by atoms with E-state index < -0.39 is 0 Å². The summed E-state index contributed by atoms with van der Waals surface area (Å²) in [5.74, 6) is 0. The monoisotopic (exact) mass is 161 g/mol. The van der Waals surface area contributed by atoms with Crippen molar-refractivity contribution in [1.82, 2.24) is 5.32 Å². The molecule has 0 aromatic carbocycles. The Morgan fingerprint density at radius 1 is 1.45 bits per heavy atom. The lowest BCUT2D eigenvalue weighted by molar-refractivity contribution is 0.0670. The molecule has 11 heavy (non-hydrogen) atoms. The number of rotatable bonds is 6. The largest absolute Gasteiger partial charge is 0.395 e. The van der Waals surface area contributed by atoms with Gasteiger partial charge in [-0.15, -0.1) is 0 Å². The number of hydrogen-bond donors (Lipinski definition) is 2. The molecular formula is C8H19NO2. The topological polar surface area (TPSA) is 41.5 Å². The van der Waals surface area contributed by atoms with Gasteiger partial charge in [-0.1, -0.05) is 0 Å². The van der Waals surface area contributed by atoms with E-state index in [0.717, 1.165) is 6.42 Å². The van der Waals surface area contributed by atoms with Crippen molar-refractivity contribution in [3.8, 4) is 0 Å². The molecule has 0 bridgehead atoms. The predicted octanol–water partition coefficient (Wildman–Crippen LogP) is 0.382. The van der Waals surface area contributed by atoms with Crippen LogP contribution in [0.2, 0.25) is 0 Å². The number of aliphatic hydroxyl groups excluding tert-OH is 1. The van der Waals surface area contributed by atoms with Crippen LogP contribution in [0.4, 0.5) is 0 Å². The zero-order valence-electron chi connectivity index (χ0n) is 7.63. The molecule has 0 fully saturated rings. The van der Waals surface area contributed by atoms with Crippen LogP contribution in [0.1, 0.15) is 20.3 Å². The summed E-state index contributed by atoms with van der Waals surface area (Å²) in [7, 11) is 1.84. The third-order valence-corrected chi connectivity index (χ3v) is 1.55. The van der Waals surface area contributed by atoms with Crippen molar-refractivity contribution in [3.05, 3.63) is 0 Å². The van der Waals surface area contributed by atoms with Crippen LogP contribution in [-0.4, -0.2) is 37.5 Å². The van der Waals surface area contributed by atoms with Crippen LogP contribution in [-0.2, 0) is 4.74 Å². The molecule has 0 aromatic rings. The van der Waals surface area contributed by atoms with Gasteiger partial charge in [-0.25, -0.2) is 0 Å². The van der Waals surface area contributed by atoms with Gasteiger partial charge in [0.05, 0.1) is 12.7 Å². The van der Waals surface area contributed by atoms with Gasteiger partial charge >= 0.3 is 0 Å². The van der Waals surface area contributed by atoms with Gasteiger partial charge in [-0.3, -0.25) is 0 Å². The summed E-state index contributed by atoms with van der Waals surface area (Å²) < 4.78 is 5.32. The first-order valence-electron chi connectivity index (χ1n) is 4.10. The van der Waals surface area contributed by atoms with E-state index in [1.165, 1.54) is 0 Å². The second kappa shape index (κ2) is 6.58. The van der Waals surface area contributed by atoms with Crippen LogP contribution < -0.4 is 5.32 Å². The minimum Gasteiger partial charge on any atom is -0.395 e. The van der Waals surface area contributed by atoms with Crippen LogP contribution in [0.3, 0.4) is 0 Å². The lowest BCUT2D eigenvalue weighted by Gasteiger charge is -2.13. The van der Waals surface area contributed by atoms with Crippen molar-refractivity contribution in [3.63, 3.8) is 0 Å². The van der Waals surface area contributed by atoms with E-state index in [0.29, 0.717) is 6.61 Å². The van der Waals surface area contributed by atoms with Gasteiger partial charge in [-0.05, 0) is 27.3 Å². The van der Waals surface area contributed by atoms with Gasteiger partial charge < -0.3 is 15.2 Å². The maximum Gasteiger partial charge on any atom is 0.0585 e.